The van der Waals surface area contributed by atoms with Gasteiger partial charge in [0.25, 0.3) is 0 Å². The zero-order valence-corrected chi connectivity index (χ0v) is 11.4. The van der Waals surface area contributed by atoms with Gasteiger partial charge in [0.05, 0.1) is 6.54 Å². The van der Waals surface area contributed by atoms with Gasteiger partial charge in [0.2, 0.25) is 0 Å². The van der Waals surface area contributed by atoms with E-state index in [0.717, 1.165) is 24.6 Å². The van der Waals surface area contributed by atoms with E-state index in [1.54, 1.807) is 7.11 Å². The summed E-state index contributed by atoms with van der Waals surface area (Å²) < 4.78 is 5.48. The lowest BCUT2D eigenvalue weighted by Crippen LogP contribution is -2.37. The number of aliphatic imine (C=N–C) groups is 1. The molecule has 0 saturated carbocycles. The average molecular weight is 249 g/mol. The summed E-state index contributed by atoms with van der Waals surface area (Å²) in [7, 11) is 1.72. The molecule has 0 saturated heterocycles. The number of benzene rings is 1. The van der Waals surface area contributed by atoms with Crippen LogP contribution in [0, 0.1) is 0 Å². The quantitative estimate of drug-likeness (QED) is 0.598. The summed E-state index contributed by atoms with van der Waals surface area (Å²) in [6, 6.07) is 10.1. The standard InChI is InChI=1S/C14H23N3O/c1-4-15-14(16-5-2)17-11-13(18-3)12-9-7-6-8-10-12/h6-10,13H,4-5,11H2,1-3H3,(H2,15,16,17)/t13-/m0/s1. The molecule has 0 fully saturated rings. The summed E-state index contributed by atoms with van der Waals surface area (Å²) in [6.45, 7) is 6.43. The normalized spacial score (nSPS) is 11.7. The third-order valence-electron chi connectivity index (χ3n) is 2.56. The molecule has 1 rings (SSSR count). The van der Waals surface area contributed by atoms with E-state index in [2.05, 4.69) is 41.6 Å². The number of ether oxygens (including phenoxy) is 1. The fourth-order valence-corrected chi connectivity index (χ4v) is 1.67. The van der Waals surface area contributed by atoms with Crippen molar-refractivity contribution in [3.63, 3.8) is 0 Å². The van der Waals surface area contributed by atoms with Gasteiger partial charge in [-0.15, -0.1) is 0 Å². The van der Waals surface area contributed by atoms with Crippen LogP contribution in [0.2, 0.25) is 0 Å². The molecule has 1 aromatic rings. The van der Waals surface area contributed by atoms with Crippen molar-refractivity contribution in [3.8, 4) is 0 Å². The molecular weight excluding hydrogens is 226 g/mol. The summed E-state index contributed by atoms with van der Waals surface area (Å²) in [4.78, 5) is 4.52. The molecule has 1 aromatic carbocycles. The minimum atomic E-state index is -0.00138. The Morgan fingerprint density at radius 2 is 1.78 bits per heavy atom. The summed E-state index contributed by atoms with van der Waals surface area (Å²) >= 11 is 0. The first-order valence-electron chi connectivity index (χ1n) is 6.41. The van der Waals surface area contributed by atoms with Crippen molar-refractivity contribution in [1.82, 2.24) is 10.6 Å². The van der Waals surface area contributed by atoms with Gasteiger partial charge in [-0.25, -0.2) is 0 Å². The van der Waals surface area contributed by atoms with Gasteiger partial charge >= 0.3 is 0 Å². The molecule has 0 spiro atoms. The Morgan fingerprint density at radius 3 is 2.28 bits per heavy atom. The van der Waals surface area contributed by atoms with Gasteiger partial charge in [-0.1, -0.05) is 30.3 Å². The highest BCUT2D eigenvalue weighted by Crippen LogP contribution is 2.16. The van der Waals surface area contributed by atoms with Gasteiger partial charge in [-0.2, -0.15) is 0 Å². The number of guanidine groups is 1. The molecule has 4 nitrogen and oxygen atoms in total. The second kappa shape index (κ2) is 8.53. The van der Waals surface area contributed by atoms with Crippen molar-refractivity contribution in [2.24, 2.45) is 4.99 Å². The lowest BCUT2D eigenvalue weighted by Gasteiger charge is -2.15. The van der Waals surface area contributed by atoms with Crippen LogP contribution in [0.15, 0.2) is 35.3 Å². The van der Waals surface area contributed by atoms with Crippen LogP contribution < -0.4 is 10.6 Å². The molecule has 0 bridgehead atoms. The Kier molecular flexibility index (Phi) is 6.87. The Labute approximate surface area is 109 Å². The van der Waals surface area contributed by atoms with Crippen LogP contribution >= 0.6 is 0 Å². The molecule has 0 aliphatic carbocycles. The zero-order valence-electron chi connectivity index (χ0n) is 11.4. The average Bonchev–Trinajstić information content (AvgIpc) is 2.41. The van der Waals surface area contributed by atoms with E-state index in [1.165, 1.54) is 0 Å². The third kappa shape index (κ3) is 4.75. The molecule has 0 unspecified atom stereocenters. The van der Waals surface area contributed by atoms with Gasteiger partial charge in [0.1, 0.15) is 6.10 Å². The lowest BCUT2D eigenvalue weighted by atomic mass is 10.1. The van der Waals surface area contributed by atoms with E-state index in [1.807, 2.05) is 18.2 Å². The second-order valence-electron chi connectivity index (χ2n) is 3.88. The Hall–Kier alpha value is -1.55. The fraction of sp³-hybridized carbons (Fsp3) is 0.500. The first-order valence-corrected chi connectivity index (χ1v) is 6.41. The fourth-order valence-electron chi connectivity index (χ4n) is 1.67. The minimum absolute atomic E-state index is 0.00138. The van der Waals surface area contributed by atoms with Gasteiger partial charge in [0, 0.05) is 20.2 Å². The molecule has 1 atom stereocenters. The van der Waals surface area contributed by atoms with Crippen LogP contribution in [0.5, 0.6) is 0 Å². The molecule has 0 aliphatic rings. The van der Waals surface area contributed by atoms with Gasteiger partial charge in [0.15, 0.2) is 5.96 Å². The van der Waals surface area contributed by atoms with Crippen LogP contribution in [0.3, 0.4) is 0 Å². The largest absolute Gasteiger partial charge is 0.375 e. The highest BCUT2D eigenvalue weighted by atomic mass is 16.5. The van der Waals surface area contributed by atoms with Crippen molar-refractivity contribution >= 4 is 5.96 Å². The Bertz CT molecular complexity index is 343. The maximum absolute atomic E-state index is 5.48. The van der Waals surface area contributed by atoms with Crippen LogP contribution in [-0.4, -0.2) is 32.7 Å². The van der Waals surface area contributed by atoms with Crippen molar-refractivity contribution in [1.29, 1.82) is 0 Å². The number of hydrogen-bond acceptors (Lipinski definition) is 2. The van der Waals surface area contributed by atoms with Crippen molar-refractivity contribution < 1.29 is 4.74 Å². The Morgan fingerprint density at radius 1 is 1.17 bits per heavy atom. The van der Waals surface area contributed by atoms with Crippen LogP contribution in [0.1, 0.15) is 25.5 Å². The maximum Gasteiger partial charge on any atom is 0.191 e. The molecular formula is C14H23N3O. The van der Waals surface area contributed by atoms with Crippen molar-refractivity contribution in [3.05, 3.63) is 35.9 Å². The van der Waals surface area contributed by atoms with Gasteiger partial charge < -0.3 is 15.4 Å². The van der Waals surface area contributed by atoms with E-state index in [9.17, 15) is 0 Å². The molecule has 0 heterocycles. The topological polar surface area (TPSA) is 45.7 Å². The predicted molar refractivity (Wildman–Crippen MR) is 75.8 cm³/mol. The summed E-state index contributed by atoms with van der Waals surface area (Å²) in [5.74, 6) is 0.831. The first kappa shape index (κ1) is 14.5. The molecule has 0 amide bonds. The van der Waals surface area contributed by atoms with E-state index < -0.39 is 0 Å². The summed E-state index contributed by atoms with van der Waals surface area (Å²) in [5, 5.41) is 6.40. The van der Waals surface area contributed by atoms with E-state index in [4.69, 9.17) is 4.74 Å². The van der Waals surface area contributed by atoms with Crippen LogP contribution in [0.4, 0.5) is 0 Å². The lowest BCUT2D eigenvalue weighted by molar-refractivity contribution is 0.111. The number of nitrogens with zero attached hydrogens (tertiary/aromatic N) is 1. The Balaban J connectivity index is 2.65. The van der Waals surface area contributed by atoms with E-state index in [0.29, 0.717) is 6.54 Å². The molecule has 2 N–H and O–H groups in total. The molecule has 0 aromatic heterocycles. The number of methoxy groups -OCH3 is 1. The molecule has 0 radical (unpaired) electrons. The SMILES string of the molecule is CCNC(=NC[C@H](OC)c1ccccc1)NCC. The highest BCUT2D eigenvalue weighted by molar-refractivity contribution is 5.79. The third-order valence-corrected chi connectivity index (χ3v) is 2.56. The molecule has 18 heavy (non-hydrogen) atoms. The second-order valence-corrected chi connectivity index (χ2v) is 3.88. The maximum atomic E-state index is 5.48. The van der Waals surface area contributed by atoms with E-state index in [-0.39, 0.29) is 6.10 Å². The highest BCUT2D eigenvalue weighted by Gasteiger charge is 2.09. The molecule has 100 valence electrons. The van der Waals surface area contributed by atoms with Crippen LogP contribution in [-0.2, 0) is 4.74 Å². The molecule has 4 heteroatoms. The van der Waals surface area contributed by atoms with Crippen LogP contribution in [0.25, 0.3) is 0 Å². The number of rotatable bonds is 6. The van der Waals surface area contributed by atoms with E-state index >= 15 is 0 Å². The van der Waals surface area contributed by atoms with Gasteiger partial charge in [-0.3, -0.25) is 4.99 Å². The summed E-state index contributed by atoms with van der Waals surface area (Å²) in [5.41, 5.74) is 1.15. The smallest absolute Gasteiger partial charge is 0.191 e. The number of nitrogens with one attached hydrogen (secondary N) is 2. The first-order chi connectivity index (χ1) is 8.81. The monoisotopic (exact) mass is 249 g/mol. The van der Waals surface area contributed by atoms with Gasteiger partial charge in [-0.05, 0) is 19.4 Å². The predicted octanol–water partition coefficient (Wildman–Crippen LogP) is 1.95. The van der Waals surface area contributed by atoms with Crippen molar-refractivity contribution in [2.75, 3.05) is 26.7 Å². The van der Waals surface area contributed by atoms with Crippen molar-refractivity contribution in [2.45, 2.75) is 20.0 Å². The zero-order chi connectivity index (χ0) is 13.2. The number of hydrogen-bond donors (Lipinski definition) is 2. The summed E-state index contributed by atoms with van der Waals surface area (Å²) in [6.07, 6.45) is -0.00138. The minimum Gasteiger partial charge on any atom is -0.375 e. The molecule has 0 aliphatic heterocycles.